The van der Waals surface area contributed by atoms with E-state index >= 15 is 0 Å². The van der Waals surface area contributed by atoms with E-state index in [1.807, 2.05) is 24.3 Å². The lowest BCUT2D eigenvalue weighted by Crippen LogP contribution is -2.45. The second-order valence-corrected chi connectivity index (χ2v) is 8.51. The molecule has 1 amide bonds. The Morgan fingerprint density at radius 3 is 2.10 bits per heavy atom. The summed E-state index contributed by atoms with van der Waals surface area (Å²) in [4.78, 5) is 23.9. The van der Waals surface area contributed by atoms with Crippen LogP contribution in [0.5, 0.6) is 0 Å². The van der Waals surface area contributed by atoms with Crippen LogP contribution in [0.3, 0.4) is 0 Å². The molecular formula is C24H27NO4. The number of carbonyl (C=O) groups excluding carboxylic acids is 1. The summed E-state index contributed by atoms with van der Waals surface area (Å²) in [6.45, 7) is 4.40. The van der Waals surface area contributed by atoms with Crippen molar-refractivity contribution in [1.29, 1.82) is 0 Å². The van der Waals surface area contributed by atoms with Crippen molar-refractivity contribution in [3.63, 3.8) is 0 Å². The van der Waals surface area contributed by atoms with Crippen molar-refractivity contribution in [2.24, 2.45) is 11.3 Å². The van der Waals surface area contributed by atoms with Crippen LogP contribution in [0.15, 0.2) is 48.5 Å². The Morgan fingerprint density at radius 1 is 1.07 bits per heavy atom. The average molecular weight is 393 g/mol. The number of carboxylic acids is 1. The standard InChI is InChI=1S/C24H27NO4/c1-15(2)24(11-12-24)21(13-22(26)27)25-23(28)29-14-20-18-9-5-3-7-16(18)17-8-4-6-10-19(17)20/h3-10,15,20-21H,11-14H2,1-2H3,(H,25,28)(H,26,27). The molecule has 0 aliphatic heterocycles. The molecule has 1 unspecified atom stereocenters. The van der Waals surface area contributed by atoms with Crippen molar-refractivity contribution >= 4 is 12.1 Å². The number of carbonyl (C=O) groups is 2. The molecule has 0 spiro atoms. The third-order valence-electron chi connectivity index (χ3n) is 6.69. The van der Waals surface area contributed by atoms with Gasteiger partial charge in [0.1, 0.15) is 6.61 Å². The maximum atomic E-state index is 12.6. The topological polar surface area (TPSA) is 75.6 Å². The number of alkyl carbamates (subject to hydrolysis) is 1. The van der Waals surface area contributed by atoms with Gasteiger partial charge in [0.25, 0.3) is 0 Å². The van der Waals surface area contributed by atoms with Gasteiger partial charge in [-0.3, -0.25) is 4.79 Å². The van der Waals surface area contributed by atoms with Crippen LogP contribution >= 0.6 is 0 Å². The molecule has 0 saturated heterocycles. The van der Waals surface area contributed by atoms with Crippen LogP contribution in [-0.4, -0.2) is 29.8 Å². The first-order valence-electron chi connectivity index (χ1n) is 10.3. The highest BCUT2D eigenvalue weighted by Gasteiger charge is 2.52. The molecule has 29 heavy (non-hydrogen) atoms. The molecule has 2 aromatic rings. The van der Waals surface area contributed by atoms with E-state index in [2.05, 4.69) is 43.4 Å². The summed E-state index contributed by atoms with van der Waals surface area (Å²) in [5.41, 5.74) is 4.54. The SMILES string of the molecule is CC(C)C1(C(CC(=O)O)NC(=O)OCC2c3ccccc3-c3ccccc32)CC1. The average Bonchev–Trinajstić information content (AvgIpc) is 3.45. The van der Waals surface area contributed by atoms with Crippen LogP contribution in [0.25, 0.3) is 11.1 Å². The molecule has 1 atom stereocenters. The summed E-state index contributed by atoms with van der Waals surface area (Å²) in [5, 5.41) is 12.2. The Balaban J connectivity index is 1.46. The quantitative estimate of drug-likeness (QED) is 0.708. The molecule has 2 aliphatic rings. The molecule has 2 N–H and O–H groups in total. The fourth-order valence-corrected chi connectivity index (χ4v) is 4.83. The summed E-state index contributed by atoms with van der Waals surface area (Å²) in [5.74, 6) is -0.604. The van der Waals surface area contributed by atoms with E-state index in [1.54, 1.807) is 0 Å². The zero-order valence-electron chi connectivity index (χ0n) is 16.9. The van der Waals surface area contributed by atoms with E-state index < -0.39 is 18.1 Å². The highest BCUT2D eigenvalue weighted by Crippen LogP contribution is 2.55. The first-order chi connectivity index (χ1) is 13.9. The van der Waals surface area contributed by atoms with Gasteiger partial charge in [-0.1, -0.05) is 62.4 Å². The molecule has 2 aliphatic carbocycles. The second kappa shape index (κ2) is 7.54. The Kier molecular flexibility index (Phi) is 5.07. The number of amides is 1. The van der Waals surface area contributed by atoms with E-state index in [0.29, 0.717) is 5.92 Å². The van der Waals surface area contributed by atoms with Crippen molar-refractivity contribution in [2.45, 2.75) is 45.1 Å². The van der Waals surface area contributed by atoms with Gasteiger partial charge in [-0.15, -0.1) is 0 Å². The van der Waals surface area contributed by atoms with Crippen LogP contribution in [0, 0.1) is 11.3 Å². The maximum Gasteiger partial charge on any atom is 0.407 e. The molecule has 5 nitrogen and oxygen atoms in total. The van der Waals surface area contributed by atoms with Crippen molar-refractivity contribution in [3.05, 3.63) is 59.7 Å². The third-order valence-corrected chi connectivity index (χ3v) is 6.69. The fourth-order valence-electron chi connectivity index (χ4n) is 4.83. The molecule has 4 rings (SSSR count). The number of fused-ring (bicyclic) bond motifs is 3. The molecule has 0 heterocycles. The summed E-state index contributed by atoms with van der Waals surface area (Å²) in [6, 6.07) is 16.0. The molecule has 2 aromatic carbocycles. The van der Waals surface area contributed by atoms with Gasteiger partial charge in [-0.25, -0.2) is 4.79 Å². The Labute approximate surface area is 171 Å². The molecule has 152 valence electrons. The van der Waals surface area contributed by atoms with Gasteiger partial charge in [0.05, 0.1) is 6.42 Å². The zero-order valence-corrected chi connectivity index (χ0v) is 16.9. The van der Waals surface area contributed by atoms with Gasteiger partial charge in [0, 0.05) is 12.0 Å². The number of rotatable bonds is 7. The summed E-state index contributed by atoms with van der Waals surface area (Å²) >= 11 is 0. The third kappa shape index (κ3) is 3.61. The van der Waals surface area contributed by atoms with Gasteiger partial charge in [0.2, 0.25) is 0 Å². The van der Waals surface area contributed by atoms with E-state index in [1.165, 1.54) is 11.1 Å². The van der Waals surface area contributed by atoms with E-state index in [0.717, 1.165) is 24.0 Å². The zero-order chi connectivity index (χ0) is 20.6. The van der Waals surface area contributed by atoms with Crippen LogP contribution in [0.4, 0.5) is 4.79 Å². The minimum Gasteiger partial charge on any atom is -0.481 e. The predicted octanol–water partition coefficient (Wildman–Crippen LogP) is 4.80. The Bertz CT molecular complexity index is 886. The Hall–Kier alpha value is -2.82. The number of benzene rings is 2. The van der Waals surface area contributed by atoms with Gasteiger partial charge in [0.15, 0.2) is 0 Å². The smallest absolute Gasteiger partial charge is 0.407 e. The lowest BCUT2D eigenvalue weighted by atomic mass is 9.83. The number of carboxylic acid groups (broad SMARTS) is 1. The second-order valence-electron chi connectivity index (χ2n) is 8.51. The molecule has 1 saturated carbocycles. The number of ether oxygens (including phenoxy) is 1. The van der Waals surface area contributed by atoms with Crippen LogP contribution in [0.2, 0.25) is 0 Å². The van der Waals surface area contributed by atoms with Crippen molar-refractivity contribution < 1.29 is 19.4 Å². The van der Waals surface area contributed by atoms with Crippen molar-refractivity contribution in [1.82, 2.24) is 5.32 Å². The number of hydrogen-bond donors (Lipinski definition) is 2. The maximum absolute atomic E-state index is 12.6. The van der Waals surface area contributed by atoms with Crippen molar-refractivity contribution in [3.8, 4) is 11.1 Å². The number of aliphatic carboxylic acids is 1. The lowest BCUT2D eigenvalue weighted by Gasteiger charge is -2.30. The van der Waals surface area contributed by atoms with Crippen LogP contribution in [0.1, 0.15) is 50.2 Å². The molecule has 0 bridgehead atoms. The molecule has 0 radical (unpaired) electrons. The van der Waals surface area contributed by atoms with Crippen LogP contribution < -0.4 is 5.32 Å². The van der Waals surface area contributed by atoms with Gasteiger partial charge >= 0.3 is 12.1 Å². The highest BCUT2D eigenvalue weighted by molar-refractivity contribution is 5.79. The summed E-state index contributed by atoms with van der Waals surface area (Å²) < 4.78 is 5.61. The monoisotopic (exact) mass is 393 g/mol. The normalized spacial score (nSPS) is 17.3. The molecule has 0 aromatic heterocycles. The largest absolute Gasteiger partial charge is 0.481 e. The highest BCUT2D eigenvalue weighted by atomic mass is 16.5. The van der Waals surface area contributed by atoms with E-state index in [-0.39, 0.29) is 24.4 Å². The van der Waals surface area contributed by atoms with Crippen molar-refractivity contribution in [2.75, 3.05) is 6.61 Å². The number of hydrogen-bond acceptors (Lipinski definition) is 3. The predicted molar refractivity (Wildman–Crippen MR) is 111 cm³/mol. The summed E-state index contributed by atoms with van der Waals surface area (Å²) in [6.07, 6.45) is 1.26. The lowest BCUT2D eigenvalue weighted by molar-refractivity contribution is -0.138. The minimum atomic E-state index is -0.902. The molecule has 5 heteroatoms. The minimum absolute atomic E-state index is 0.00828. The Morgan fingerprint density at radius 2 is 1.62 bits per heavy atom. The van der Waals surface area contributed by atoms with Gasteiger partial charge in [-0.05, 0) is 46.4 Å². The number of nitrogens with one attached hydrogen (secondary N) is 1. The molecular weight excluding hydrogens is 366 g/mol. The van der Waals surface area contributed by atoms with E-state index in [9.17, 15) is 14.7 Å². The van der Waals surface area contributed by atoms with E-state index in [4.69, 9.17) is 4.74 Å². The molecule has 1 fully saturated rings. The van der Waals surface area contributed by atoms with Gasteiger partial charge < -0.3 is 15.2 Å². The fraction of sp³-hybridized carbons (Fsp3) is 0.417. The first kappa shape index (κ1) is 19.5. The van der Waals surface area contributed by atoms with Crippen LogP contribution in [-0.2, 0) is 9.53 Å². The summed E-state index contributed by atoms with van der Waals surface area (Å²) in [7, 11) is 0. The van der Waals surface area contributed by atoms with Gasteiger partial charge in [-0.2, -0.15) is 0 Å². The first-order valence-corrected chi connectivity index (χ1v) is 10.3.